The Morgan fingerprint density at radius 1 is 0.963 bits per heavy atom. The van der Waals surface area contributed by atoms with Crippen LogP contribution in [0.2, 0.25) is 0 Å². The van der Waals surface area contributed by atoms with E-state index in [1.165, 1.54) is 29.2 Å². The number of anilines is 1. The minimum Gasteiger partial charge on any atom is -0.336 e. The van der Waals surface area contributed by atoms with Crippen LogP contribution in [-0.2, 0) is 6.54 Å². The Hall–Kier alpha value is -3.54. The lowest BCUT2D eigenvalue weighted by Gasteiger charge is -2.17. The summed E-state index contributed by atoms with van der Waals surface area (Å²) >= 11 is 0. The molecule has 1 aromatic heterocycles. The molecule has 0 radical (unpaired) electrons. The third-order valence-electron chi connectivity index (χ3n) is 3.89. The summed E-state index contributed by atoms with van der Waals surface area (Å²) in [5, 5.41) is 2.57. The Bertz CT molecular complexity index is 960. The number of pyridine rings is 1. The summed E-state index contributed by atoms with van der Waals surface area (Å²) in [7, 11) is 1.68. The molecule has 3 rings (SSSR count). The van der Waals surface area contributed by atoms with Crippen LogP contribution in [0.15, 0.2) is 72.8 Å². The summed E-state index contributed by atoms with van der Waals surface area (Å²) in [5.74, 6) is -1.26. The van der Waals surface area contributed by atoms with Crippen LogP contribution in [0.1, 0.15) is 26.5 Å². The quantitative estimate of drug-likeness (QED) is 0.751. The summed E-state index contributed by atoms with van der Waals surface area (Å²) in [4.78, 5) is 30.6. The van der Waals surface area contributed by atoms with E-state index in [4.69, 9.17) is 0 Å². The number of amides is 2. The smallest absolute Gasteiger partial charge is 0.274 e. The third-order valence-corrected chi connectivity index (χ3v) is 3.89. The molecule has 2 aromatic carbocycles. The van der Waals surface area contributed by atoms with E-state index in [2.05, 4.69) is 10.3 Å². The average Bonchev–Trinajstić information content (AvgIpc) is 2.68. The molecular formula is C21H18FN3O2. The predicted octanol–water partition coefficient (Wildman–Crippen LogP) is 3.75. The minimum atomic E-state index is -0.513. The first kappa shape index (κ1) is 18.3. The van der Waals surface area contributed by atoms with Gasteiger partial charge in [0.15, 0.2) is 0 Å². The van der Waals surface area contributed by atoms with E-state index in [-0.39, 0.29) is 17.3 Å². The van der Waals surface area contributed by atoms with Crippen molar-refractivity contribution in [3.8, 4) is 0 Å². The largest absolute Gasteiger partial charge is 0.336 e. The van der Waals surface area contributed by atoms with E-state index in [1.54, 1.807) is 25.2 Å². The Labute approximate surface area is 156 Å². The molecule has 3 aromatic rings. The van der Waals surface area contributed by atoms with Crippen LogP contribution < -0.4 is 5.32 Å². The highest BCUT2D eigenvalue weighted by molar-refractivity contribution is 6.03. The fourth-order valence-electron chi connectivity index (χ4n) is 2.57. The van der Waals surface area contributed by atoms with Crippen LogP contribution >= 0.6 is 0 Å². The summed E-state index contributed by atoms with van der Waals surface area (Å²) < 4.78 is 13.2. The van der Waals surface area contributed by atoms with E-state index in [9.17, 15) is 14.0 Å². The number of hydrogen-bond donors (Lipinski definition) is 1. The lowest BCUT2D eigenvalue weighted by atomic mass is 10.2. The third kappa shape index (κ3) is 4.76. The van der Waals surface area contributed by atoms with E-state index in [0.29, 0.717) is 12.2 Å². The number of benzene rings is 2. The van der Waals surface area contributed by atoms with Crippen LogP contribution in [0.4, 0.5) is 10.1 Å². The maximum atomic E-state index is 13.2. The first-order valence-corrected chi connectivity index (χ1v) is 8.36. The zero-order chi connectivity index (χ0) is 19.2. The second-order valence-electron chi connectivity index (χ2n) is 6.02. The van der Waals surface area contributed by atoms with Crippen LogP contribution in [0.3, 0.4) is 0 Å². The molecule has 0 aliphatic heterocycles. The number of halogens is 1. The Balaban J connectivity index is 1.72. The normalized spacial score (nSPS) is 10.3. The molecule has 136 valence electrons. The molecule has 0 fully saturated rings. The zero-order valence-electron chi connectivity index (χ0n) is 14.7. The molecule has 5 nitrogen and oxygen atoms in total. The number of hydrogen-bond acceptors (Lipinski definition) is 3. The van der Waals surface area contributed by atoms with Crippen LogP contribution in [0, 0.1) is 5.82 Å². The molecule has 2 amide bonds. The van der Waals surface area contributed by atoms with Crippen LogP contribution in [0.25, 0.3) is 0 Å². The van der Waals surface area contributed by atoms with Crippen molar-refractivity contribution in [1.82, 2.24) is 9.88 Å². The van der Waals surface area contributed by atoms with Crippen molar-refractivity contribution in [2.24, 2.45) is 0 Å². The van der Waals surface area contributed by atoms with E-state index >= 15 is 0 Å². The molecule has 0 spiro atoms. The molecule has 1 heterocycles. The first-order chi connectivity index (χ1) is 13.0. The molecule has 0 unspecified atom stereocenters. The fourth-order valence-corrected chi connectivity index (χ4v) is 2.57. The standard InChI is InChI=1S/C21H18FN3O2/c1-25(14-15-7-3-2-4-8-15)21(27)19-12-6-11-18(24-19)20(26)23-17-10-5-9-16(22)13-17/h2-13H,14H2,1H3,(H,23,26). The van der Waals surface area contributed by atoms with Crippen LogP contribution in [-0.4, -0.2) is 28.7 Å². The molecule has 0 saturated carbocycles. The molecule has 0 aliphatic carbocycles. The highest BCUT2D eigenvalue weighted by Crippen LogP contribution is 2.12. The molecule has 0 aliphatic rings. The van der Waals surface area contributed by atoms with Gasteiger partial charge in [-0.05, 0) is 35.9 Å². The van der Waals surface area contributed by atoms with Crippen molar-refractivity contribution >= 4 is 17.5 Å². The molecule has 27 heavy (non-hydrogen) atoms. The fraction of sp³-hybridized carbons (Fsp3) is 0.0952. The summed E-state index contributed by atoms with van der Waals surface area (Å²) in [5.41, 5.74) is 1.56. The van der Waals surface area contributed by atoms with Crippen molar-refractivity contribution in [2.75, 3.05) is 12.4 Å². The zero-order valence-corrected chi connectivity index (χ0v) is 14.7. The highest BCUT2D eigenvalue weighted by atomic mass is 19.1. The number of nitrogens with zero attached hydrogens (tertiary/aromatic N) is 2. The number of carbonyl (C=O) groups excluding carboxylic acids is 2. The molecule has 0 saturated heterocycles. The van der Waals surface area contributed by atoms with Gasteiger partial charge in [0, 0.05) is 19.3 Å². The van der Waals surface area contributed by atoms with Gasteiger partial charge >= 0.3 is 0 Å². The number of aromatic nitrogens is 1. The van der Waals surface area contributed by atoms with Gasteiger partial charge in [0.05, 0.1) is 0 Å². The summed E-state index contributed by atoms with van der Waals surface area (Å²) in [6.45, 7) is 0.432. The van der Waals surface area contributed by atoms with Crippen molar-refractivity contribution in [2.45, 2.75) is 6.54 Å². The highest BCUT2D eigenvalue weighted by Gasteiger charge is 2.16. The summed E-state index contributed by atoms with van der Waals surface area (Å²) in [6.07, 6.45) is 0. The number of rotatable bonds is 5. The monoisotopic (exact) mass is 363 g/mol. The molecule has 0 bridgehead atoms. The van der Waals surface area contributed by atoms with E-state index < -0.39 is 11.7 Å². The number of nitrogens with one attached hydrogen (secondary N) is 1. The van der Waals surface area contributed by atoms with Crippen molar-refractivity contribution in [3.05, 3.63) is 95.6 Å². The maximum Gasteiger partial charge on any atom is 0.274 e. The van der Waals surface area contributed by atoms with Crippen molar-refractivity contribution in [3.63, 3.8) is 0 Å². The molecular weight excluding hydrogens is 345 g/mol. The van der Waals surface area contributed by atoms with E-state index in [0.717, 1.165) is 5.56 Å². The minimum absolute atomic E-state index is 0.0817. The topological polar surface area (TPSA) is 62.3 Å². The predicted molar refractivity (Wildman–Crippen MR) is 101 cm³/mol. The first-order valence-electron chi connectivity index (χ1n) is 8.36. The molecule has 0 atom stereocenters. The lowest BCUT2D eigenvalue weighted by Crippen LogP contribution is -2.27. The van der Waals surface area contributed by atoms with Gasteiger partial charge in [-0.15, -0.1) is 0 Å². The molecule has 6 heteroatoms. The van der Waals surface area contributed by atoms with Crippen molar-refractivity contribution in [1.29, 1.82) is 0 Å². The van der Waals surface area contributed by atoms with Gasteiger partial charge in [-0.1, -0.05) is 42.5 Å². The Morgan fingerprint density at radius 2 is 1.67 bits per heavy atom. The van der Waals surface area contributed by atoms with Gasteiger partial charge in [0.2, 0.25) is 0 Å². The maximum absolute atomic E-state index is 13.2. The van der Waals surface area contributed by atoms with Gasteiger partial charge < -0.3 is 10.2 Å². The lowest BCUT2D eigenvalue weighted by molar-refractivity contribution is 0.0779. The van der Waals surface area contributed by atoms with Crippen molar-refractivity contribution < 1.29 is 14.0 Å². The summed E-state index contributed by atoms with van der Waals surface area (Å²) in [6, 6.07) is 19.8. The second-order valence-corrected chi connectivity index (χ2v) is 6.02. The average molecular weight is 363 g/mol. The van der Waals surface area contributed by atoms with Gasteiger partial charge in [-0.25, -0.2) is 9.37 Å². The molecule has 1 N–H and O–H groups in total. The van der Waals surface area contributed by atoms with E-state index in [1.807, 2.05) is 30.3 Å². The van der Waals surface area contributed by atoms with Crippen LogP contribution in [0.5, 0.6) is 0 Å². The Kier molecular flexibility index (Phi) is 5.56. The van der Waals surface area contributed by atoms with Gasteiger partial charge in [0.1, 0.15) is 17.2 Å². The van der Waals surface area contributed by atoms with Gasteiger partial charge in [-0.2, -0.15) is 0 Å². The second kappa shape index (κ2) is 8.23. The SMILES string of the molecule is CN(Cc1ccccc1)C(=O)c1cccc(C(=O)Nc2cccc(F)c2)n1. The number of carbonyl (C=O) groups is 2. The van der Waals surface area contributed by atoms with Gasteiger partial charge in [0.25, 0.3) is 11.8 Å². The van der Waals surface area contributed by atoms with Gasteiger partial charge in [-0.3, -0.25) is 9.59 Å². The Morgan fingerprint density at radius 3 is 2.41 bits per heavy atom.